The molecule has 0 bridgehead atoms. The molecule has 0 aliphatic heterocycles. The van der Waals surface area contributed by atoms with Gasteiger partial charge in [0, 0.05) is 12.5 Å². The Labute approximate surface area is 147 Å². The molecule has 0 saturated heterocycles. The van der Waals surface area contributed by atoms with E-state index in [1.54, 1.807) is 11.8 Å². The van der Waals surface area contributed by atoms with Crippen molar-refractivity contribution in [1.82, 2.24) is 4.90 Å². The summed E-state index contributed by atoms with van der Waals surface area (Å²) in [6.07, 6.45) is -9.25. The number of nitrogens with zero attached hydrogens (tertiary/aromatic N) is 1. The van der Waals surface area contributed by atoms with Crippen LogP contribution in [0.4, 0.5) is 26.3 Å². The molecule has 0 fully saturated rings. The summed E-state index contributed by atoms with van der Waals surface area (Å²) in [5, 5.41) is 0. The third kappa shape index (κ3) is 6.19. The normalized spacial score (nSPS) is 13.8. The highest BCUT2D eigenvalue weighted by Crippen LogP contribution is 2.38. The van der Waals surface area contributed by atoms with Gasteiger partial charge in [0.25, 0.3) is 0 Å². The van der Waals surface area contributed by atoms with E-state index < -0.39 is 35.5 Å². The molecular weight excluding hydrogens is 364 g/mol. The van der Waals surface area contributed by atoms with E-state index in [1.807, 2.05) is 0 Å². The van der Waals surface area contributed by atoms with E-state index in [0.717, 1.165) is 12.1 Å². The number of carbonyl (C=O) groups is 1. The lowest BCUT2D eigenvalue weighted by atomic mass is 9.99. The van der Waals surface area contributed by atoms with Gasteiger partial charge < -0.3 is 4.74 Å². The lowest BCUT2D eigenvalue weighted by molar-refractivity contribution is -0.143. The first-order valence-electron chi connectivity index (χ1n) is 8.00. The molecule has 1 aromatic carbocycles. The highest BCUT2D eigenvalue weighted by molar-refractivity contribution is 5.69. The number of methoxy groups -OCH3 is 1. The fourth-order valence-electron chi connectivity index (χ4n) is 2.59. The monoisotopic (exact) mass is 385 g/mol. The number of esters is 1. The van der Waals surface area contributed by atoms with Crippen LogP contribution >= 0.6 is 0 Å². The first kappa shape index (κ1) is 22.3. The molecular formula is C17H21F6NO2. The fourth-order valence-corrected chi connectivity index (χ4v) is 2.59. The summed E-state index contributed by atoms with van der Waals surface area (Å²) < 4.78 is 82.4. The van der Waals surface area contributed by atoms with Gasteiger partial charge in [0.05, 0.1) is 18.2 Å². The smallest absolute Gasteiger partial charge is 0.416 e. The van der Waals surface area contributed by atoms with Crippen molar-refractivity contribution in [3.8, 4) is 0 Å². The summed E-state index contributed by atoms with van der Waals surface area (Å²) in [5.74, 6) is -0.424. The second kappa shape index (κ2) is 8.75. The van der Waals surface area contributed by atoms with Crippen molar-refractivity contribution in [2.75, 3.05) is 20.2 Å². The van der Waals surface area contributed by atoms with Crippen LogP contribution in [0.5, 0.6) is 0 Å². The van der Waals surface area contributed by atoms with Gasteiger partial charge in [0.2, 0.25) is 0 Å². The van der Waals surface area contributed by atoms with Crippen molar-refractivity contribution < 1.29 is 35.9 Å². The molecule has 9 heteroatoms. The van der Waals surface area contributed by atoms with E-state index in [0.29, 0.717) is 19.5 Å². The van der Waals surface area contributed by atoms with Gasteiger partial charge >= 0.3 is 18.3 Å². The van der Waals surface area contributed by atoms with Crippen molar-refractivity contribution >= 4 is 5.97 Å². The van der Waals surface area contributed by atoms with Crippen LogP contribution < -0.4 is 0 Å². The van der Waals surface area contributed by atoms with Crippen LogP contribution in [-0.2, 0) is 21.9 Å². The molecule has 148 valence electrons. The first-order chi connectivity index (χ1) is 11.9. The second-order valence-electron chi connectivity index (χ2n) is 5.82. The molecule has 0 heterocycles. The number of benzene rings is 1. The Morgan fingerprint density at radius 1 is 1.08 bits per heavy atom. The molecule has 3 nitrogen and oxygen atoms in total. The van der Waals surface area contributed by atoms with Gasteiger partial charge in [-0.25, -0.2) is 0 Å². The summed E-state index contributed by atoms with van der Waals surface area (Å²) >= 11 is 0. The van der Waals surface area contributed by atoms with Crippen LogP contribution in [0.3, 0.4) is 0 Å². The van der Waals surface area contributed by atoms with Gasteiger partial charge in [-0.05, 0) is 50.2 Å². The van der Waals surface area contributed by atoms with Crippen molar-refractivity contribution in [3.63, 3.8) is 0 Å². The quantitative estimate of drug-likeness (QED) is 0.485. The summed E-state index contributed by atoms with van der Waals surface area (Å²) in [5.41, 5.74) is -2.74. The van der Waals surface area contributed by atoms with E-state index in [9.17, 15) is 31.1 Å². The summed E-state index contributed by atoms with van der Waals surface area (Å²) in [6.45, 7) is 4.02. The number of alkyl halides is 6. The average molecular weight is 385 g/mol. The zero-order valence-electron chi connectivity index (χ0n) is 14.7. The number of hydrogen-bond donors (Lipinski definition) is 0. The van der Waals surface area contributed by atoms with Gasteiger partial charge in [0.1, 0.15) is 0 Å². The highest BCUT2D eigenvalue weighted by atomic mass is 19.4. The molecule has 0 amide bonds. The predicted octanol–water partition coefficient (Wildman–Crippen LogP) is 5.06. The van der Waals surface area contributed by atoms with E-state index in [1.165, 1.54) is 14.0 Å². The van der Waals surface area contributed by atoms with Crippen molar-refractivity contribution in [2.45, 2.75) is 45.1 Å². The Bertz CT molecular complexity index is 580. The molecule has 0 N–H and O–H groups in total. The largest absolute Gasteiger partial charge is 0.469 e. The summed E-state index contributed by atoms with van der Waals surface area (Å²) in [4.78, 5) is 12.8. The zero-order valence-corrected chi connectivity index (χ0v) is 14.7. The minimum Gasteiger partial charge on any atom is -0.469 e. The Balaban J connectivity index is 3.11. The minimum absolute atomic E-state index is 0.0768. The van der Waals surface area contributed by atoms with Crippen LogP contribution in [0.2, 0.25) is 0 Å². The van der Waals surface area contributed by atoms with Gasteiger partial charge in [-0.15, -0.1) is 0 Å². The Morgan fingerprint density at radius 2 is 1.58 bits per heavy atom. The van der Waals surface area contributed by atoms with Gasteiger partial charge in [-0.2, -0.15) is 26.3 Å². The minimum atomic E-state index is -4.88. The van der Waals surface area contributed by atoms with Gasteiger partial charge in [0.15, 0.2) is 0 Å². The van der Waals surface area contributed by atoms with E-state index in [4.69, 9.17) is 0 Å². The predicted molar refractivity (Wildman–Crippen MR) is 83.4 cm³/mol. The molecule has 0 radical (unpaired) electrons. The van der Waals surface area contributed by atoms with Crippen LogP contribution in [-0.4, -0.2) is 31.1 Å². The highest BCUT2D eigenvalue weighted by Gasteiger charge is 2.37. The van der Waals surface area contributed by atoms with Crippen molar-refractivity contribution in [3.05, 3.63) is 34.9 Å². The zero-order chi connectivity index (χ0) is 20.1. The average Bonchev–Trinajstić information content (AvgIpc) is 2.56. The molecule has 0 aliphatic carbocycles. The number of ether oxygens (including phenoxy) is 1. The molecule has 1 atom stereocenters. The van der Waals surface area contributed by atoms with Gasteiger partial charge in [-0.3, -0.25) is 9.69 Å². The second-order valence-corrected chi connectivity index (χ2v) is 5.82. The Kier molecular flexibility index (Phi) is 7.49. The maximum Gasteiger partial charge on any atom is 0.416 e. The Morgan fingerprint density at radius 3 is 1.96 bits per heavy atom. The molecule has 0 spiro atoms. The van der Waals surface area contributed by atoms with E-state index in [2.05, 4.69) is 4.74 Å². The van der Waals surface area contributed by atoms with Crippen LogP contribution in [0.15, 0.2) is 18.2 Å². The molecule has 1 rings (SSSR count). The standard InChI is InChI=1S/C17H21F6NO2/c1-4-24(7-5-6-15(25)26-3)11(2)12-8-13(16(18,19)20)10-14(9-12)17(21,22)23/h8-11H,4-7H2,1-3H3/t11-/m0/s1. The molecule has 26 heavy (non-hydrogen) atoms. The third-order valence-corrected chi connectivity index (χ3v) is 4.10. The summed E-state index contributed by atoms with van der Waals surface area (Å²) in [6, 6.07) is 0.913. The lowest BCUT2D eigenvalue weighted by Crippen LogP contribution is -2.29. The molecule has 0 unspecified atom stereocenters. The fraction of sp³-hybridized carbons (Fsp3) is 0.588. The number of halogens is 6. The molecule has 0 aromatic heterocycles. The van der Waals surface area contributed by atoms with Crippen LogP contribution in [0.1, 0.15) is 49.4 Å². The maximum atomic E-state index is 13.0. The number of hydrogen-bond acceptors (Lipinski definition) is 3. The number of carbonyl (C=O) groups excluding carboxylic acids is 1. The van der Waals surface area contributed by atoms with E-state index >= 15 is 0 Å². The number of rotatable bonds is 7. The molecule has 0 aliphatic rings. The van der Waals surface area contributed by atoms with E-state index in [-0.39, 0.29) is 18.1 Å². The third-order valence-electron chi connectivity index (χ3n) is 4.10. The SMILES string of the molecule is CCN(CCCC(=O)OC)[C@@H](C)c1cc(C(F)(F)F)cc(C(F)(F)F)c1. The lowest BCUT2D eigenvalue weighted by Gasteiger charge is -2.29. The van der Waals surface area contributed by atoms with Crippen LogP contribution in [0, 0.1) is 0 Å². The topological polar surface area (TPSA) is 29.5 Å². The van der Waals surface area contributed by atoms with Crippen molar-refractivity contribution in [2.24, 2.45) is 0 Å². The molecule has 0 saturated carbocycles. The first-order valence-corrected chi connectivity index (χ1v) is 8.00. The van der Waals surface area contributed by atoms with Crippen molar-refractivity contribution in [1.29, 1.82) is 0 Å². The maximum absolute atomic E-state index is 13.0. The molecule has 1 aromatic rings. The van der Waals surface area contributed by atoms with Gasteiger partial charge in [-0.1, -0.05) is 6.92 Å². The van der Waals surface area contributed by atoms with Crippen LogP contribution in [0.25, 0.3) is 0 Å². The Hall–Kier alpha value is -1.77. The summed E-state index contributed by atoms with van der Waals surface area (Å²) in [7, 11) is 1.24.